The molecule has 0 heterocycles. The maximum Gasteiger partial charge on any atom is 0.408 e. The Balaban J connectivity index is 2.62. The third-order valence-electron chi connectivity index (χ3n) is 2.83. The van der Waals surface area contributed by atoms with Gasteiger partial charge in [-0.2, -0.15) is 0 Å². The zero-order valence-corrected chi connectivity index (χ0v) is 14.6. The monoisotopic (exact) mass is 352 g/mol. The van der Waals surface area contributed by atoms with Crippen molar-refractivity contribution in [1.29, 1.82) is 0 Å². The van der Waals surface area contributed by atoms with Gasteiger partial charge in [0.2, 0.25) is 5.91 Å². The van der Waals surface area contributed by atoms with E-state index >= 15 is 0 Å². The van der Waals surface area contributed by atoms with Crippen molar-refractivity contribution in [3.05, 3.63) is 35.9 Å². The molecule has 0 unspecified atom stereocenters. The minimum atomic E-state index is -1.17. The predicted octanol–water partition coefficient (Wildman–Crippen LogP) is 1.30. The van der Waals surface area contributed by atoms with Crippen LogP contribution in [0.25, 0.3) is 0 Å². The standard InChI is InChI=1S/C17H24N2O6/c1-17(2,3)25-16(23)19-13(10-24-11-14(20)21)15(22)18-9-12-7-5-4-6-8-12/h4-8,13H,9-11H2,1-3H3,(H,18,22)(H,19,23)(H,20,21)/t13-/m0/s1. The molecule has 1 aromatic carbocycles. The summed E-state index contributed by atoms with van der Waals surface area (Å²) in [7, 11) is 0. The van der Waals surface area contributed by atoms with Gasteiger partial charge in [-0.05, 0) is 26.3 Å². The molecule has 0 radical (unpaired) electrons. The van der Waals surface area contributed by atoms with Gasteiger partial charge in [0, 0.05) is 6.54 Å². The Morgan fingerprint density at radius 1 is 1.16 bits per heavy atom. The largest absolute Gasteiger partial charge is 0.480 e. The molecule has 1 atom stereocenters. The summed E-state index contributed by atoms with van der Waals surface area (Å²) in [5.74, 6) is -1.67. The molecule has 0 saturated heterocycles. The van der Waals surface area contributed by atoms with Crippen LogP contribution in [0.2, 0.25) is 0 Å². The lowest BCUT2D eigenvalue weighted by Crippen LogP contribution is -2.50. The minimum absolute atomic E-state index is 0.269. The van der Waals surface area contributed by atoms with Crippen LogP contribution in [-0.4, -0.2) is 47.9 Å². The number of hydrogen-bond acceptors (Lipinski definition) is 5. The van der Waals surface area contributed by atoms with Gasteiger partial charge in [0.25, 0.3) is 0 Å². The zero-order valence-electron chi connectivity index (χ0n) is 14.6. The Hall–Kier alpha value is -2.61. The number of aliphatic carboxylic acids is 1. The fourth-order valence-electron chi connectivity index (χ4n) is 1.81. The van der Waals surface area contributed by atoms with Crippen LogP contribution in [0.4, 0.5) is 4.79 Å². The second kappa shape index (κ2) is 9.63. The number of ether oxygens (including phenoxy) is 2. The molecule has 8 heteroatoms. The van der Waals surface area contributed by atoms with Crippen molar-refractivity contribution in [1.82, 2.24) is 10.6 Å². The molecule has 0 aliphatic rings. The highest BCUT2D eigenvalue weighted by Gasteiger charge is 2.24. The van der Waals surface area contributed by atoms with Crippen LogP contribution in [0, 0.1) is 0 Å². The Bertz CT molecular complexity index is 583. The molecule has 0 bridgehead atoms. The summed E-state index contributed by atoms with van der Waals surface area (Å²) < 4.78 is 10.0. The van der Waals surface area contributed by atoms with E-state index in [0.29, 0.717) is 0 Å². The van der Waals surface area contributed by atoms with Gasteiger partial charge in [0.05, 0.1) is 6.61 Å². The molecular weight excluding hydrogens is 328 g/mol. The van der Waals surface area contributed by atoms with Crippen LogP contribution in [0.1, 0.15) is 26.3 Å². The summed E-state index contributed by atoms with van der Waals surface area (Å²) in [5.41, 5.74) is 0.162. The Morgan fingerprint density at radius 2 is 1.80 bits per heavy atom. The maximum atomic E-state index is 12.3. The normalized spacial score (nSPS) is 12.1. The van der Waals surface area contributed by atoms with Crippen LogP contribution in [0.3, 0.4) is 0 Å². The number of carboxylic acids is 1. The van der Waals surface area contributed by atoms with Crippen LogP contribution in [-0.2, 0) is 25.6 Å². The Kier molecular flexibility index (Phi) is 7.87. The first-order valence-electron chi connectivity index (χ1n) is 7.78. The van der Waals surface area contributed by atoms with E-state index in [1.54, 1.807) is 20.8 Å². The molecule has 2 amide bonds. The highest BCUT2D eigenvalue weighted by molar-refractivity contribution is 5.85. The van der Waals surface area contributed by atoms with Crippen LogP contribution in [0.5, 0.6) is 0 Å². The molecule has 3 N–H and O–H groups in total. The fourth-order valence-corrected chi connectivity index (χ4v) is 1.81. The number of carbonyl (C=O) groups excluding carboxylic acids is 2. The summed E-state index contributed by atoms with van der Waals surface area (Å²) in [5, 5.41) is 13.7. The molecule has 0 fully saturated rings. The van der Waals surface area contributed by atoms with Crippen molar-refractivity contribution in [3.8, 4) is 0 Å². The van der Waals surface area contributed by atoms with E-state index in [0.717, 1.165) is 5.56 Å². The lowest BCUT2D eigenvalue weighted by molar-refractivity contribution is -0.143. The van der Waals surface area contributed by atoms with Gasteiger partial charge in [0.15, 0.2) is 0 Å². The second-order valence-electron chi connectivity index (χ2n) is 6.31. The molecule has 0 aromatic heterocycles. The predicted molar refractivity (Wildman–Crippen MR) is 89.9 cm³/mol. The average molecular weight is 352 g/mol. The molecule has 0 aliphatic carbocycles. The molecule has 0 aliphatic heterocycles. The number of nitrogens with one attached hydrogen (secondary N) is 2. The van der Waals surface area contributed by atoms with E-state index in [1.807, 2.05) is 30.3 Å². The van der Waals surface area contributed by atoms with Crippen molar-refractivity contribution < 1.29 is 29.0 Å². The van der Waals surface area contributed by atoms with Gasteiger partial charge in [0.1, 0.15) is 18.2 Å². The number of rotatable bonds is 8. The molecule has 0 spiro atoms. The van der Waals surface area contributed by atoms with Gasteiger partial charge in [-0.3, -0.25) is 4.79 Å². The van der Waals surface area contributed by atoms with Gasteiger partial charge >= 0.3 is 12.1 Å². The van der Waals surface area contributed by atoms with Gasteiger partial charge < -0.3 is 25.2 Å². The second-order valence-corrected chi connectivity index (χ2v) is 6.31. The molecule has 138 valence electrons. The molecule has 0 saturated carbocycles. The highest BCUT2D eigenvalue weighted by atomic mass is 16.6. The maximum absolute atomic E-state index is 12.3. The summed E-state index contributed by atoms with van der Waals surface area (Å²) in [4.78, 5) is 34.7. The van der Waals surface area contributed by atoms with Crippen molar-refractivity contribution in [2.45, 2.75) is 39.0 Å². The first-order chi connectivity index (χ1) is 11.7. The third-order valence-corrected chi connectivity index (χ3v) is 2.83. The SMILES string of the molecule is CC(C)(C)OC(=O)N[C@@H](COCC(=O)O)C(=O)NCc1ccccc1. The summed E-state index contributed by atoms with van der Waals surface area (Å²) in [6.45, 7) is 4.49. The fraction of sp³-hybridized carbons (Fsp3) is 0.471. The molecule has 1 rings (SSSR count). The van der Waals surface area contributed by atoms with Crippen LogP contribution < -0.4 is 10.6 Å². The minimum Gasteiger partial charge on any atom is -0.480 e. The topological polar surface area (TPSA) is 114 Å². The molecule has 1 aromatic rings. The van der Waals surface area contributed by atoms with Crippen molar-refractivity contribution in [2.75, 3.05) is 13.2 Å². The average Bonchev–Trinajstić information content (AvgIpc) is 2.50. The summed E-state index contributed by atoms with van der Waals surface area (Å²) in [6, 6.07) is 8.16. The number of alkyl carbamates (subject to hydrolysis) is 1. The number of hydrogen-bond donors (Lipinski definition) is 3. The highest BCUT2D eigenvalue weighted by Crippen LogP contribution is 2.07. The van der Waals surface area contributed by atoms with E-state index < -0.39 is 36.2 Å². The van der Waals surface area contributed by atoms with Gasteiger partial charge in [-0.15, -0.1) is 0 Å². The van der Waals surface area contributed by atoms with E-state index in [9.17, 15) is 14.4 Å². The van der Waals surface area contributed by atoms with Gasteiger partial charge in [-0.1, -0.05) is 30.3 Å². The molecular formula is C17H24N2O6. The van der Waals surface area contributed by atoms with E-state index in [1.165, 1.54) is 0 Å². The quantitative estimate of drug-likeness (QED) is 0.650. The third kappa shape index (κ3) is 9.31. The summed E-state index contributed by atoms with van der Waals surface area (Å²) >= 11 is 0. The lowest BCUT2D eigenvalue weighted by Gasteiger charge is -2.23. The number of carbonyl (C=O) groups is 3. The van der Waals surface area contributed by atoms with Crippen molar-refractivity contribution >= 4 is 18.0 Å². The zero-order chi connectivity index (χ0) is 18.9. The first kappa shape index (κ1) is 20.4. The van der Waals surface area contributed by atoms with Crippen molar-refractivity contribution in [3.63, 3.8) is 0 Å². The van der Waals surface area contributed by atoms with Crippen LogP contribution >= 0.6 is 0 Å². The summed E-state index contributed by atoms with van der Waals surface area (Å²) in [6.07, 6.45) is -0.786. The first-order valence-corrected chi connectivity index (χ1v) is 7.78. The van der Waals surface area contributed by atoms with Gasteiger partial charge in [-0.25, -0.2) is 9.59 Å². The van der Waals surface area contributed by atoms with Crippen molar-refractivity contribution in [2.24, 2.45) is 0 Å². The van der Waals surface area contributed by atoms with E-state index in [2.05, 4.69) is 10.6 Å². The van der Waals surface area contributed by atoms with E-state index in [-0.39, 0.29) is 13.2 Å². The lowest BCUT2D eigenvalue weighted by atomic mass is 10.2. The van der Waals surface area contributed by atoms with Crippen LogP contribution in [0.15, 0.2) is 30.3 Å². The van der Waals surface area contributed by atoms with E-state index in [4.69, 9.17) is 14.6 Å². The number of amides is 2. The Morgan fingerprint density at radius 3 is 2.36 bits per heavy atom. The molecule has 25 heavy (non-hydrogen) atoms. The Labute approximate surface area is 146 Å². The number of benzene rings is 1. The molecule has 8 nitrogen and oxygen atoms in total. The smallest absolute Gasteiger partial charge is 0.408 e. The number of carboxylic acid groups (broad SMARTS) is 1.